The first-order valence-electron chi connectivity index (χ1n) is 7.83. The van der Waals surface area contributed by atoms with E-state index in [4.69, 9.17) is 11.6 Å². The van der Waals surface area contributed by atoms with Crippen LogP contribution in [0.5, 0.6) is 0 Å². The standard InChI is InChI=1S/C18H17ClN2S2/c1-11-5-6-14-15(7-11)23-18-16(14)17(20-10-21-18)22-9-12-3-2-4-13(19)8-12/h2-4,8,10-11H,5-7,9H2,1H3/t11-/m0/s1. The molecule has 1 aliphatic carbocycles. The second-order valence-electron chi connectivity index (χ2n) is 6.13. The smallest absolute Gasteiger partial charge is 0.128 e. The van der Waals surface area contributed by atoms with E-state index in [1.54, 1.807) is 18.1 Å². The maximum atomic E-state index is 6.08. The summed E-state index contributed by atoms with van der Waals surface area (Å²) in [5.74, 6) is 1.67. The van der Waals surface area contributed by atoms with Crippen LogP contribution in [0.2, 0.25) is 5.02 Å². The molecular formula is C18H17ClN2S2. The van der Waals surface area contributed by atoms with E-state index in [2.05, 4.69) is 23.0 Å². The van der Waals surface area contributed by atoms with Crippen molar-refractivity contribution in [1.82, 2.24) is 9.97 Å². The molecule has 1 atom stereocenters. The molecule has 0 bridgehead atoms. The van der Waals surface area contributed by atoms with E-state index in [1.165, 1.54) is 34.2 Å². The average molecular weight is 361 g/mol. The SMILES string of the molecule is C[C@H]1CCc2c(sc3ncnc(SCc4cccc(Cl)c4)c23)C1. The Morgan fingerprint density at radius 1 is 1.35 bits per heavy atom. The van der Waals surface area contributed by atoms with Gasteiger partial charge in [0.05, 0.1) is 0 Å². The zero-order valence-corrected chi connectivity index (χ0v) is 15.3. The first-order chi connectivity index (χ1) is 11.2. The van der Waals surface area contributed by atoms with E-state index in [0.29, 0.717) is 0 Å². The van der Waals surface area contributed by atoms with Gasteiger partial charge in [0, 0.05) is 21.0 Å². The van der Waals surface area contributed by atoms with Gasteiger partial charge in [-0.1, -0.05) is 30.7 Å². The van der Waals surface area contributed by atoms with Crippen LogP contribution in [-0.2, 0) is 18.6 Å². The lowest BCUT2D eigenvalue weighted by molar-refractivity contribution is 0.509. The second-order valence-corrected chi connectivity index (χ2v) is 8.61. The Balaban J connectivity index is 1.67. The molecule has 2 nitrogen and oxygen atoms in total. The van der Waals surface area contributed by atoms with Gasteiger partial charge < -0.3 is 0 Å². The quantitative estimate of drug-likeness (QED) is 0.438. The lowest BCUT2D eigenvalue weighted by atomic mass is 9.89. The van der Waals surface area contributed by atoms with Crippen molar-refractivity contribution in [2.24, 2.45) is 5.92 Å². The molecule has 4 rings (SSSR count). The number of fused-ring (bicyclic) bond motifs is 3. The minimum Gasteiger partial charge on any atom is -0.229 e. The Labute approximate surface area is 149 Å². The van der Waals surface area contributed by atoms with Crippen LogP contribution in [0.3, 0.4) is 0 Å². The number of rotatable bonds is 3. The molecule has 0 saturated carbocycles. The van der Waals surface area contributed by atoms with Crippen molar-refractivity contribution in [2.45, 2.75) is 37.0 Å². The summed E-state index contributed by atoms with van der Waals surface area (Å²) in [6.45, 7) is 2.34. The number of aromatic nitrogens is 2. The van der Waals surface area contributed by atoms with Gasteiger partial charge >= 0.3 is 0 Å². The van der Waals surface area contributed by atoms with Gasteiger partial charge in [-0.05, 0) is 48.4 Å². The van der Waals surface area contributed by atoms with Gasteiger partial charge in [0.25, 0.3) is 0 Å². The fraction of sp³-hybridized carbons (Fsp3) is 0.333. The molecule has 2 aromatic heterocycles. The highest BCUT2D eigenvalue weighted by Gasteiger charge is 2.23. The number of aryl methyl sites for hydroxylation is 1. The van der Waals surface area contributed by atoms with Crippen LogP contribution in [-0.4, -0.2) is 9.97 Å². The number of nitrogens with zero attached hydrogens (tertiary/aromatic N) is 2. The third-order valence-electron chi connectivity index (χ3n) is 4.32. The van der Waals surface area contributed by atoms with Gasteiger partial charge in [0.2, 0.25) is 0 Å². The van der Waals surface area contributed by atoms with E-state index in [-0.39, 0.29) is 0 Å². The van der Waals surface area contributed by atoms with Gasteiger partial charge in [-0.15, -0.1) is 23.1 Å². The lowest BCUT2D eigenvalue weighted by Crippen LogP contribution is -2.08. The number of hydrogen-bond acceptors (Lipinski definition) is 4. The molecule has 0 fully saturated rings. The number of thioether (sulfide) groups is 1. The molecule has 0 spiro atoms. The Bertz CT molecular complexity index is 859. The van der Waals surface area contributed by atoms with E-state index >= 15 is 0 Å². The zero-order valence-electron chi connectivity index (χ0n) is 12.9. The summed E-state index contributed by atoms with van der Waals surface area (Å²) in [7, 11) is 0. The molecular weight excluding hydrogens is 344 g/mol. The average Bonchev–Trinajstić information content (AvgIpc) is 2.91. The van der Waals surface area contributed by atoms with Gasteiger partial charge in [-0.25, -0.2) is 9.97 Å². The van der Waals surface area contributed by atoms with Crippen LogP contribution in [0, 0.1) is 5.92 Å². The maximum absolute atomic E-state index is 6.08. The highest BCUT2D eigenvalue weighted by atomic mass is 35.5. The molecule has 5 heteroatoms. The summed E-state index contributed by atoms with van der Waals surface area (Å²) in [6, 6.07) is 8.05. The molecule has 2 heterocycles. The summed E-state index contributed by atoms with van der Waals surface area (Å²) in [5, 5.41) is 3.20. The topological polar surface area (TPSA) is 25.8 Å². The summed E-state index contributed by atoms with van der Waals surface area (Å²) in [5.41, 5.74) is 2.73. The van der Waals surface area contributed by atoms with Crippen LogP contribution >= 0.6 is 34.7 Å². The fourth-order valence-corrected chi connectivity index (χ4v) is 5.73. The van der Waals surface area contributed by atoms with Crippen molar-refractivity contribution >= 4 is 44.9 Å². The van der Waals surface area contributed by atoms with Crippen molar-refractivity contribution in [1.29, 1.82) is 0 Å². The number of halogens is 1. The fourth-order valence-electron chi connectivity index (χ4n) is 3.13. The van der Waals surface area contributed by atoms with Crippen LogP contribution in [0.4, 0.5) is 0 Å². The monoisotopic (exact) mass is 360 g/mol. The van der Waals surface area contributed by atoms with E-state index < -0.39 is 0 Å². The molecule has 1 aromatic carbocycles. The Morgan fingerprint density at radius 3 is 3.13 bits per heavy atom. The molecule has 23 heavy (non-hydrogen) atoms. The summed E-state index contributed by atoms with van der Waals surface area (Å²) < 4.78 is 0. The molecule has 0 amide bonds. The van der Waals surface area contributed by atoms with Crippen molar-refractivity contribution < 1.29 is 0 Å². The molecule has 3 aromatic rings. The molecule has 0 radical (unpaired) electrons. The van der Waals surface area contributed by atoms with Crippen LogP contribution in [0.15, 0.2) is 35.6 Å². The van der Waals surface area contributed by atoms with E-state index in [1.807, 2.05) is 29.5 Å². The zero-order chi connectivity index (χ0) is 15.8. The minimum atomic E-state index is 0.783. The predicted molar refractivity (Wildman–Crippen MR) is 99.6 cm³/mol. The van der Waals surface area contributed by atoms with Gasteiger partial charge in [0.1, 0.15) is 16.2 Å². The number of thiophene rings is 1. The summed E-state index contributed by atoms with van der Waals surface area (Å²) in [4.78, 5) is 11.7. The normalized spacial score (nSPS) is 17.4. The first-order valence-corrected chi connectivity index (χ1v) is 10.0. The van der Waals surface area contributed by atoms with Crippen molar-refractivity contribution in [3.05, 3.63) is 51.6 Å². The van der Waals surface area contributed by atoms with Crippen molar-refractivity contribution in [3.63, 3.8) is 0 Å². The Hall–Kier alpha value is -1.10. The van der Waals surface area contributed by atoms with Gasteiger partial charge in [-0.3, -0.25) is 0 Å². The number of benzene rings is 1. The van der Waals surface area contributed by atoms with Gasteiger partial charge in [0.15, 0.2) is 0 Å². The van der Waals surface area contributed by atoms with Crippen LogP contribution in [0.1, 0.15) is 29.3 Å². The summed E-state index contributed by atoms with van der Waals surface area (Å²) >= 11 is 9.72. The highest BCUT2D eigenvalue weighted by molar-refractivity contribution is 7.98. The molecule has 118 valence electrons. The van der Waals surface area contributed by atoms with E-state index in [0.717, 1.165) is 33.0 Å². The maximum Gasteiger partial charge on any atom is 0.128 e. The van der Waals surface area contributed by atoms with Crippen LogP contribution < -0.4 is 0 Å². The van der Waals surface area contributed by atoms with Crippen molar-refractivity contribution in [3.8, 4) is 0 Å². The number of hydrogen-bond donors (Lipinski definition) is 0. The lowest BCUT2D eigenvalue weighted by Gasteiger charge is -2.18. The highest BCUT2D eigenvalue weighted by Crippen LogP contribution is 2.41. The van der Waals surface area contributed by atoms with E-state index in [9.17, 15) is 0 Å². The molecule has 0 N–H and O–H groups in total. The third kappa shape index (κ3) is 3.12. The van der Waals surface area contributed by atoms with Crippen molar-refractivity contribution in [2.75, 3.05) is 0 Å². The van der Waals surface area contributed by atoms with Gasteiger partial charge in [-0.2, -0.15) is 0 Å². The molecule has 0 saturated heterocycles. The van der Waals surface area contributed by atoms with Crippen LogP contribution in [0.25, 0.3) is 10.2 Å². The molecule has 0 unspecified atom stereocenters. The molecule has 1 aliphatic rings. The Morgan fingerprint density at radius 2 is 2.26 bits per heavy atom. The second kappa shape index (κ2) is 6.42. The summed E-state index contributed by atoms with van der Waals surface area (Å²) in [6.07, 6.45) is 5.32. The third-order valence-corrected chi connectivity index (χ3v) is 6.78. The predicted octanol–water partition coefficient (Wildman–Crippen LogP) is 5.76. The minimum absolute atomic E-state index is 0.783. The first kappa shape index (κ1) is 15.4. The molecule has 0 aliphatic heterocycles. The Kier molecular flexibility index (Phi) is 4.31. The largest absolute Gasteiger partial charge is 0.229 e.